The van der Waals surface area contributed by atoms with Crippen LogP contribution in [-0.2, 0) is 4.79 Å². The first-order valence-corrected chi connectivity index (χ1v) is 9.02. The molecule has 1 amide bonds. The van der Waals surface area contributed by atoms with Gasteiger partial charge >= 0.3 is 0 Å². The number of thiophene rings is 1. The van der Waals surface area contributed by atoms with Gasteiger partial charge in [0.25, 0.3) is 0 Å². The second-order valence-electron chi connectivity index (χ2n) is 5.11. The largest absolute Gasteiger partial charge is 0.383 e. The maximum atomic E-state index is 12.2. The Balaban J connectivity index is 1.64. The maximum Gasteiger partial charge on any atom is 0.233 e. The summed E-state index contributed by atoms with van der Waals surface area (Å²) in [7, 11) is 0. The number of thioether (sulfide) groups is 1. The zero-order chi connectivity index (χ0) is 14.7. The summed E-state index contributed by atoms with van der Waals surface area (Å²) < 4.78 is 0. The lowest BCUT2D eigenvalue weighted by atomic mass is 10.2. The third-order valence-electron chi connectivity index (χ3n) is 3.62. The molecule has 3 heterocycles. The number of carbonyl (C=O) groups excluding carboxylic acids is 1. The third-order valence-corrected chi connectivity index (χ3v) is 5.26. The van der Waals surface area contributed by atoms with Crippen LogP contribution in [0.4, 0.5) is 5.82 Å². The van der Waals surface area contributed by atoms with E-state index in [0.29, 0.717) is 16.7 Å². The van der Waals surface area contributed by atoms with Crippen molar-refractivity contribution in [1.82, 2.24) is 14.9 Å². The van der Waals surface area contributed by atoms with Gasteiger partial charge in [-0.1, -0.05) is 24.6 Å². The number of carbonyl (C=O) groups is 1. The fourth-order valence-corrected chi connectivity index (χ4v) is 4.04. The Bertz CT molecular complexity index is 635. The molecular weight excluding hydrogens is 304 g/mol. The van der Waals surface area contributed by atoms with E-state index in [-0.39, 0.29) is 5.91 Å². The molecule has 0 atom stereocenters. The minimum Gasteiger partial charge on any atom is -0.383 e. The van der Waals surface area contributed by atoms with E-state index in [1.54, 1.807) is 11.3 Å². The Hall–Kier alpha value is -1.34. The summed E-state index contributed by atoms with van der Waals surface area (Å²) in [6, 6.07) is 1.92. The van der Waals surface area contributed by atoms with Crippen LogP contribution >= 0.6 is 23.1 Å². The molecule has 7 heteroatoms. The van der Waals surface area contributed by atoms with Crippen molar-refractivity contribution in [2.24, 2.45) is 0 Å². The second kappa shape index (κ2) is 6.62. The zero-order valence-electron chi connectivity index (χ0n) is 11.7. The molecule has 0 saturated carbocycles. The van der Waals surface area contributed by atoms with Gasteiger partial charge in [0.1, 0.15) is 10.6 Å². The monoisotopic (exact) mass is 322 g/mol. The fraction of sp³-hybridized carbons (Fsp3) is 0.500. The summed E-state index contributed by atoms with van der Waals surface area (Å²) in [5, 5.41) is 3.43. The smallest absolute Gasteiger partial charge is 0.233 e. The lowest BCUT2D eigenvalue weighted by Crippen LogP contribution is -2.33. The van der Waals surface area contributed by atoms with Crippen LogP contribution in [0.1, 0.15) is 25.7 Å². The predicted molar refractivity (Wildman–Crippen MR) is 87.6 cm³/mol. The first-order valence-electron chi connectivity index (χ1n) is 7.15. The minimum absolute atomic E-state index is 0.176. The van der Waals surface area contributed by atoms with Crippen LogP contribution in [0.3, 0.4) is 0 Å². The van der Waals surface area contributed by atoms with Gasteiger partial charge in [-0.25, -0.2) is 9.97 Å². The van der Waals surface area contributed by atoms with E-state index in [2.05, 4.69) is 9.97 Å². The molecule has 0 unspecified atom stereocenters. The second-order valence-corrected chi connectivity index (χ2v) is 6.95. The summed E-state index contributed by atoms with van der Waals surface area (Å²) in [5.41, 5.74) is 5.92. The number of nitrogens with two attached hydrogens (primary N) is 1. The van der Waals surface area contributed by atoms with Gasteiger partial charge in [0.05, 0.1) is 11.1 Å². The number of nitrogen functional groups attached to an aromatic ring is 1. The van der Waals surface area contributed by atoms with Crippen molar-refractivity contribution in [2.75, 3.05) is 24.6 Å². The van der Waals surface area contributed by atoms with Gasteiger partial charge in [0, 0.05) is 13.1 Å². The summed E-state index contributed by atoms with van der Waals surface area (Å²) in [6.45, 7) is 1.76. The van der Waals surface area contributed by atoms with E-state index in [0.717, 1.165) is 36.1 Å². The van der Waals surface area contributed by atoms with Crippen LogP contribution in [0.2, 0.25) is 0 Å². The van der Waals surface area contributed by atoms with Crippen molar-refractivity contribution in [1.29, 1.82) is 0 Å². The Morgan fingerprint density at radius 3 is 2.81 bits per heavy atom. The van der Waals surface area contributed by atoms with Gasteiger partial charge in [-0.3, -0.25) is 4.79 Å². The number of rotatable bonds is 3. The highest BCUT2D eigenvalue weighted by atomic mass is 32.2. The molecule has 0 radical (unpaired) electrons. The van der Waals surface area contributed by atoms with Crippen LogP contribution in [0, 0.1) is 0 Å². The van der Waals surface area contributed by atoms with Gasteiger partial charge in [-0.05, 0) is 24.3 Å². The van der Waals surface area contributed by atoms with Gasteiger partial charge in [0.2, 0.25) is 5.91 Å². The number of hydrogen-bond donors (Lipinski definition) is 1. The van der Waals surface area contributed by atoms with Crippen molar-refractivity contribution in [3.05, 3.63) is 11.4 Å². The summed E-state index contributed by atoms with van der Waals surface area (Å²) >= 11 is 2.92. The number of aromatic nitrogens is 2. The van der Waals surface area contributed by atoms with Crippen molar-refractivity contribution < 1.29 is 4.79 Å². The van der Waals surface area contributed by atoms with Crippen LogP contribution in [-0.4, -0.2) is 39.6 Å². The van der Waals surface area contributed by atoms with Crippen LogP contribution in [0.5, 0.6) is 0 Å². The van der Waals surface area contributed by atoms with Crippen molar-refractivity contribution in [3.63, 3.8) is 0 Å². The number of anilines is 1. The molecule has 3 rings (SSSR count). The van der Waals surface area contributed by atoms with Crippen molar-refractivity contribution >= 4 is 45.0 Å². The molecular formula is C14H18N4OS2. The molecule has 0 spiro atoms. The Morgan fingerprint density at radius 2 is 2.05 bits per heavy atom. The fourth-order valence-electron chi connectivity index (χ4n) is 2.46. The van der Waals surface area contributed by atoms with Gasteiger partial charge in [-0.15, -0.1) is 11.3 Å². The first-order chi connectivity index (χ1) is 10.2. The molecule has 1 fully saturated rings. The Morgan fingerprint density at radius 1 is 1.29 bits per heavy atom. The summed E-state index contributed by atoms with van der Waals surface area (Å²) in [6.07, 6.45) is 4.68. The number of nitrogens with zero attached hydrogens (tertiary/aromatic N) is 3. The Kier molecular flexibility index (Phi) is 4.60. The molecule has 1 saturated heterocycles. The van der Waals surface area contributed by atoms with E-state index < -0.39 is 0 Å². The van der Waals surface area contributed by atoms with E-state index in [1.807, 2.05) is 16.3 Å². The Labute approximate surface area is 131 Å². The molecule has 1 aliphatic rings. The van der Waals surface area contributed by atoms with Gasteiger partial charge in [0.15, 0.2) is 5.16 Å². The quantitative estimate of drug-likeness (QED) is 0.695. The van der Waals surface area contributed by atoms with E-state index in [4.69, 9.17) is 5.73 Å². The molecule has 0 bridgehead atoms. The summed E-state index contributed by atoms with van der Waals surface area (Å²) in [5.74, 6) is 1.05. The highest BCUT2D eigenvalue weighted by Gasteiger charge is 2.16. The highest BCUT2D eigenvalue weighted by Crippen LogP contribution is 2.26. The number of likely N-dealkylation sites (tertiary alicyclic amines) is 1. The number of hydrogen-bond acceptors (Lipinski definition) is 6. The average Bonchev–Trinajstić information content (AvgIpc) is 2.79. The highest BCUT2D eigenvalue weighted by molar-refractivity contribution is 7.99. The van der Waals surface area contributed by atoms with E-state index >= 15 is 0 Å². The normalized spacial score (nSPS) is 16.1. The first kappa shape index (κ1) is 14.6. The molecule has 2 aromatic heterocycles. The van der Waals surface area contributed by atoms with E-state index in [1.165, 1.54) is 24.6 Å². The zero-order valence-corrected chi connectivity index (χ0v) is 13.4. The van der Waals surface area contributed by atoms with E-state index in [9.17, 15) is 4.79 Å². The topological polar surface area (TPSA) is 72.1 Å². The molecule has 0 aliphatic carbocycles. The molecule has 1 aliphatic heterocycles. The molecule has 2 aromatic rings. The molecule has 21 heavy (non-hydrogen) atoms. The van der Waals surface area contributed by atoms with Gasteiger partial charge < -0.3 is 10.6 Å². The number of amides is 1. The predicted octanol–water partition coefficient (Wildman–Crippen LogP) is 2.77. The SMILES string of the molecule is Nc1nc(SCC(=O)N2CCCCCC2)nc2sccc12. The molecule has 2 N–H and O–H groups in total. The van der Waals surface area contributed by atoms with Crippen LogP contribution in [0.15, 0.2) is 16.6 Å². The molecule has 5 nitrogen and oxygen atoms in total. The molecule has 112 valence electrons. The molecule has 0 aromatic carbocycles. The third kappa shape index (κ3) is 3.47. The minimum atomic E-state index is 0.176. The lowest BCUT2D eigenvalue weighted by molar-refractivity contribution is -0.128. The van der Waals surface area contributed by atoms with Gasteiger partial charge in [-0.2, -0.15) is 0 Å². The van der Waals surface area contributed by atoms with Crippen LogP contribution in [0.25, 0.3) is 10.2 Å². The maximum absolute atomic E-state index is 12.2. The van der Waals surface area contributed by atoms with Crippen molar-refractivity contribution in [2.45, 2.75) is 30.8 Å². The lowest BCUT2D eigenvalue weighted by Gasteiger charge is -2.19. The standard InChI is InChI=1S/C14H18N4OS2/c15-12-10-5-8-20-13(10)17-14(16-12)21-9-11(19)18-6-3-1-2-4-7-18/h5,8H,1-4,6-7,9H2,(H2,15,16,17). The summed E-state index contributed by atoms with van der Waals surface area (Å²) in [4.78, 5) is 23.8. The average molecular weight is 322 g/mol. The number of fused-ring (bicyclic) bond motifs is 1. The van der Waals surface area contributed by atoms with Crippen molar-refractivity contribution in [3.8, 4) is 0 Å². The van der Waals surface area contributed by atoms with Crippen LogP contribution < -0.4 is 5.73 Å².